The van der Waals surface area contributed by atoms with Gasteiger partial charge in [-0.2, -0.15) is 0 Å². The molecule has 8 heteroatoms. The molecule has 5 nitrogen and oxygen atoms in total. The van der Waals surface area contributed by atoms with Crippen LogP contribution in [0.5, 0.6) is 0 Å². The summed E-state index contributed by atoms with van der Waals surface area (Å²) in [6.45, 7) is 0. The quantitative estimate of drug-likeness (QED) is 0.488. The van der Waals surface area contributed by atoms with Gasteiger partial charge in [-0.05, 0) is 30.3 Å². The van der Waals surface area contributed by atoms with Crippen molar-refractivity contribution in [1.29, 1.82) is 0 Å². The fraction of sp³-hybridized carbons (Fsp3) is 0. The van der Waals surface area contributed by atoms with E-state index < -0.39 is 11.8 Å². The van der Waals surface area contributed by atoms with Crippen LogP contribution in [0, 0.1) is 5.82 Å². The van der Waals surface area contributed by atoms with Crippen LogP contribution in [0.15, 0.2) is 60.2 Å². The molecule has 0 aliphatic rings. The minimum atomic E-state index is -0.535. The van der Waals surface area contributed by atoms with Gasteiger partial charge in [-0.1, -0.05) is 23.7 Å². The molecular formula is C18H12ClFN4OS. The molecule has 2 N–H and O–H groups in total. The maximum atomic E-state index is 13.1. The number of anilines is 2. The molecule has 26 heavy (non-hydrogen) atoms. The third-order valence-corrected chi connectivity index (χ3v) is 4.77. The number of nitrogens with zero attached hydrogens (tertiary/aromatic N) is 2. The number of benzene rings is 2. The molecule has 2 aromatic carbocycles. The van der Waals surface area contributed by atoms with Crippen molar-refractivity contribution < 1.29 is 9.18 Å². The molecule has 0 bridgehead atoms. The van der Waals surface area contributed by atoms with E-state index in [0.717, 1.165) is 16.2 Å². The summed E-state index contributed by atoms with van der Waals surface area (Å²) in [6, 6.07) is 10.9. The summed E-state index contributed by atoms with van der Waals surface area (Å²) in [6.07, 6.45) is 3.91. The van der Waals surface area contributed by atoms with Crippen molar-refractivity contribution in [3.8, 4) is 11.3 Å². The molecule has 0 atom stereocenters. The van der Waals surface area contributed by atoms with E-state index in [0.29, 0.717) is 11.4 Å². The Hall–Kier alpha value is -2.90. The number of hydrogen-bond acceptors (Lipinski definition) is 3. The first-order valence-corrected chi connectivity index (χ1v) is 8.90. The molecule has 130 valence electrons. The van der Waals surface area contributed by atoms with Crippen LogP contribution in [-0.4, -0.2) is 15.4 Å². The first-order chi connectivity index (χ1) is 12.6. The number of nitrogens with one attached hydrogen (secondary N) is 2. The summed E-state index contributed by atoms with van der Waals surface area (Å²) in [7, 11) is 0. The number of amides is 2. The summed E-state index contributed by atoms with van der Waals surface area (Å²) >= 11 is 7.27. The topological polar surface area (TPSA) is 58.4 Å². The highest BCUT2D eigenvalue weighted by Gasteiger charge is 2.08. The third-order valence-electron chi connectivity index (χ3n) is 3.71. The van der Waals surface area contributed by atoms with Crippen LogP contribution in [0.2, 0.25) is 5.02 Å². The van der Waals surface area contributed by atoms with Crippen molar-refractivity contribution >= 4 is 45.3 Å². The van der Waals surface area contributed by atoms with Gasteiger partial charge in [0.15, 0.2) is 4.96 Å². The zero-order valence-corrected chi connectivity index (χ0v) is 14.8. The third kappa shape index (κ3) is 3.40. The fourth-order valence-electron chi connectivity index (χ4n) is 2.46. The number of hydrogen-bond donors (Lipinski definition) is 2. The van der Waals surface area contributed by atoms with Crippen molar-refractivity contribution in [2.24, 2.45) is 0 Å². The van der Waals surface area contributed by atoms with Gasteiger partial charge in [0.2, 0.25) is 0 Å². The second-order valence-corrected chi connectivity index (χ2v) is 6.78. The number of urea groups is 1. The van der Waals surface area contributed by atoms with E-state index in [1.807, 2.05) is 34.3 Å². The van der Waals surface area contributed by atoms with E-state index in [1.165, 1.54) is 18.2 Å². The molecule has 0 unspecified atom stereocenters. The number of aromatic nitrogens is 2. The lowest BCUT2D eigenvalue weighted by molar-refractivity contribution is 0.262. The van der Waals surface area contributed by atoms with Gasteiger partial charge in [-0.25, -0.2) is 14.2 Å². The summed E-state index contributed by atoms with van der Waals surface area (Å²) in [4.78, 5) is 17.5. The Labute approximate surface area is 157 Å². The van der Waals surface area contributed by atoms with Crippen molar-refractivity contribution in [2.75, 3.05) is 10.6 Å². The van der Waals surface area contributed by atoms with E-state index in [1.54, 1.807) is 23.5 Å². The number of carbonyl (C=O) groups is 1. The fourth-order valence-corrected chi connectivity index (χ4v) is 3.34. The molecule has 0 saturated heterocycles. The molecule has 0 aliphatic carbocycles. The molecule has 2 heterocycles. The van der Waals surface area contributed by atoms with E-state index >= 15 is 0 Å². The summed E-state index contributed by atoms with van der Waals surface area (Å²) < 4.78 is 15.1. The zero-order chi connectivity index (χ0) is 18.1. The van der Waals surface area contributed by atoms with Gasteiger partial charge in [0.1, 0.15) is 5.82 Å². The van der Waals surface area contributed by atoms with Crippen LogP contribution in [-0.2, 0) is 0 Å². The van der Waals surface area contributed by atoms with Gasteiger partial charge in [0, 0.05) is 34.7 Å². The van der Waals surface area contributed by atoms with Crippen LogP contribution < -0.4 is 10.6 Å². The van der Waals surface area contributed by atoms with Crippen LogP contribution in [0.3, 0.4) is 0 Å². The Balaban J connectivity index is 1.44. The Morgan fingerprint density at radius 3 is 2.58 bits per heavy atom. The monoisotopic (exact) mass is 386 g/mol. The molecule has 4 aromatic rings. The molecule has 4 rings (SSSR count). The number of halogens is 2. The van der Waals surface area contributed by atoms with Gasteiger partial charge in [0.05, 0.1) is 10.7 Å². The first-order valence-electron chi connectivity index (χ1n) is 7.64. The minimum Gasteiger partial charge on any atom is -0.308 e. The smallest absolute Gasteiger partial charge is 0.308 e. The average Bonchev–Trinajstić information content (AvgIpc) is 3.21. The second-order valence-electron chi connectivity index (χ2n) is 5.50. The van der Waals surface area contributed by atoms with E-state index in [4.69, 9.17) is 11.6 Å². The number of rotatable bonds is 3. The molecular weight excluding hydrogens is 375 g/mol. The Bertz CT molecular complexity index is 1060. The standard InChI is InChI=1S/C18H12ClFN4OS/c19-14-9-13(5-6-15(14)20)22-17(25)21-12-3-1-11(2-4-12)16-10-24-7-8-26-18(24)23-16/h1-10H,(H2,21,22,25). The zero-order valence-electron chi connectivity index (χ0n) is 13.2. The largest absolute Gasteiger partial charge is 0.323 e. The SMILES string of the molecule is O=C(Nc1ccc(-c2cn3ccsc3n2)cc1)Nc1ccc(F)c(Cl)c1. The average molecular weight is 387 g/mol. The molecule has 2 aromatic heterocycles. The summed E-state index contributed by atoms with van der Waals surface area (Å²) in [5.74, 6) is -0.535. The highest BCUT2D eigenvalue weighted by Crippen LogP contribution is 2.23. The van der Waals surface area contributed by atoms with Gasteiger partial charge >= 0.3 is 6.03 Å². The highest BCUT2D eigenvalue weighted by molar-refractivity contribution is 7.15. The predicted octanol–water partition coefficient (Wildman–Crippen LogP) is 5.50. The lowest BCUT2D eigenvalue weighted by Crippen LogP contribution is -2.19. The summed E-state index contributed by atoms with van der Waals surface area (Å²) in [5.41, 5.74) is 2.86. The van der Waals surface area contributed by atoms with Crippen molar-refractivity contribution in [3.63, 3.8) is 0 Å². The second kappa shape index (κ2) is 6.78. The Morgan fingerprint density at radius 1 is 1.12 bits per heavy atom. The van der Waals surface area contributed by atoms with E-state index in [9.17, 15) is 9.18 Å². The van der Waals surface area contributed by atoms with Crippen LogP contribution in [0.4, 0.5) is 20.6 Å². The van der Waals surface area contributed by atoms with Crippen LogP contribution >= 0.6 is 22.9 Å². The lowest BCUT2D eigenvalue weighted by Gasteiger charge is -2.08. The number of carbonyl (C=O) groups excluding carboxylic acids is 1. The van der Waals surface area contributed by atoms with Crippen LogP contribution in [0.25, 0.3) is 16.2 Å². The van der Waals surface area contributed by atoms with Crippen molar-refractivity contribution in [3.05, 3.63) is 71.1 Å². The number of fused-ring (bicyclic) bond motifs is 1. The van der Waals surface area contributed by atoms with Gasteiger partial charge in [-0.15, -0.1) is 11.3 Å². The summed E-state index contributed by atoms with van der Waals surface area (Å²) in [5, 5.41) is 7.25. The molecule has 0 fully saturated rings. The van der Waals surface area contributed by atoms with Crippen LogP contribution in [0.1, 0.15) is 0 Å². The number of thiazole rings is 1. The van der Waals surface area contributed by atoms with Crippen molar-refractivity contribution in [2.45, 2.75) is 0 Å². The molecule has 2 amide bonds. The normalized spacial score (nSPS) is 10.8. The maximum absolute atomic E-state index is 13.1. The van der Waals surface area contributed by atoms with Gasteiger partial charge in [0.25, 0.3) is 0 Å². The molecule has 0 spiro atoms. The highest BCUT2D eigenvalue weighted by atomic mass is 35.5. The van der Waals surface area contributed by atoms with E-state index in [-0.39, 0.29) is 5.02 Å². The number of imidazole rings is 1. The first kappa shape index (κ1) is 16.6. The Morgan fingerprint density at radius 2 is 1.85 bits per heavy atom. The molecule has 0 aliphatic heterocycles. The Kier molecular flexibility index (Phi) is 4.32. The van der Waals surface area contributed by atoms with E-state index in [2.05, 4.69) is 15.6 Å². The molecule has 0 saturated carbocycles. The predicted molar refractivity (Wildman–Crippen MR) is 103 cm³/mol. The lowest BCUT2D eigenvalue weighted by atomic mass is 10.1. The maximum Gasteiger partial charge on any atom is 0.323 e. The molecule has 0 radical (unpaired) electrons. The van der Waals surface area contributed by atoms with Crippen molar-refractivity contribution in [1.82, 2.24) is 9.38 Å². The van der Waals surface area contributed by atoms with Gasteiger partial charge < -0.3 is 10.6 Å². The minimum absolute atomic E-state index is 0.0490. The van der Waals surface area contributed by atoms with Gasteiger partial charge in [-0.3, -0.25) is 4.40 Å².